The predicted molar refractivity (Wildman–Crippen MR) is 145 cm³/mol. The Morgan fingerprint density at radius 1 is 1.03 bits per heavy atom. The molecule has 6 heteroatoms. The first-order valence-corrected chi connectivity index (χ1v) is 12.8. The van der Waals surface area contributed by atoms with Gasteiger partial charge in [0.25, 0.3) is 0 Å². The van der Waals surface area contributed by atoms with Gasteiger partial charge in [-0.25, -0.2) is 8.78 Å². The number of halogens is 2. The van der Waals surface area contributed by atoms with Gasteiger partial charge in [-0.3, -0.25) is 4.79 Å². The summed E-state index contributed by atoms with van der Waals surface area (Å²) in [5.41, 5.74) is 4.71. The van der Waals surface area contributed by atoms with Crippen LogP contribution in [0.25, 0.3) is 16.7 Å². The number of benzene rings is 3. The third-order valence-electron chi connectivity index (χ3n) is 7.28. The highest BCUT2D eigenvalue weighted by Gasteiger charge is 2.27. The van der Waals surface area contributed by atoms with E-state index in [0.29, 0.717) is 16.9 Å². The first-order valence-electron chi connectivity index (χ1n) is 12.8. The Bertz CT molecular complexity index is 1380. The zero-order valence-corrected chi connectivity index (χ0v) is 22.5. The number of rotatable bonds is 9. The minimum atomic E-state index is -0.988. The van der Waals surface area contributed by atoms with Gasteiger partial charge in [0.1, 0.15) is 18.2 Å². The first kappa shape index (κ1) is 27.4. The third-order valence-corrected chi connectivity index (χ3v) is 7.28. The molecule has 0 heterocycles. The highest BCUT2D eigenvalue weighted by molar-refractivity contribution is 5.87. The second kappa shape index (κ2) is 11.0. The van der Waals surface area contributed by atoms with Gasteiger partial charge in [0, 0.05) is 11.1 Å². The van der Waals surface area contributed by atoms with E-state index in [1.165, 1.54) is 6.07 Å². The van der Waals surface area contributed by atoms with Gasteiger partial charge in [-0.2, -0.15) is 0 Å². The molecular formula is C32H34F2O4. The Labute approximate surface area is 222 Å². The fourth-order valence-corrected chi connectivity index (χ4v) is 4.55. The van der Waals surface area contributed by atoms with Gasteiger partial charge in [-0.1, -0.05) is 63.6 Å². The average Bonchev–Trinajstić information content (AvgIpc) is 3.71. The van der Waals surface area contributed by atoms with E-state index in [4.69, 9.17) is 9.47 Å². The Morgan fingerprint density at radius 3 is 2.39 bits per heavy atom. The van der Waals surface area contributed by atoms with Crippen molar-refractivity contribution in [3.8, 4) is 22.6 Å². The van der Waals surface area contributed by atoms with Gasteiger partial charge in [0.2, 0.25) is 0 Å². The van der Waals surface area contributed by atoms with Crippen LogP contribution in [-0.2, 0) is 11.4 Å². The monoisotopic (exact) mass is 520 g/mol. The van der Waals surface area contributed by atoms with Gasteiger partial charge >= 0.3 is 5.97 Å². The summed E-state index contributed by atoms with van der Waals surface area (Å²) in [6.07, 6.45) is 1.37. The van der Waals surface area contributed by atoms with Crippen LogP contribution in [0.4, 0.5) is 8.78 Å². The standard InChI is InChI=1S/C32H34F2O4/c1-19(32(2,3)4)25-15-20(9-13-23(25)27-16-22(37-5)12-14-28(27)33)18-38-29-8-6-7-24(31(29)34)26(17-30(35)36)21-10-11-21/h6-9,12-16,19H,10-11,17-18H2,1-5H3,(H,35,36). The van der Waals surface area contributed by atoms with Crippen molar-refractivity contribution in [3.05, 3.63) is 88.5 Å². The van der Waals surface area contributed by atoms with Crippen molar-refractivity contribution in [1.29, 1.82) is 0 Å². The lowest BCUT2D eigenvalue weighted by molar-refractivity contribution is -0.135. The quantitative estimate of drug-likeness (QED) is 0.308. The number of carboxylic acids is 1. The molecule has 0 aliphatic heterocycles. The SMILES string of the molecule is COc1ccc(F)c(-c2ccc(COc3cccc(C(CC(=O)O)=C4CC4)c3F)cc2C(C)C(C)(C)C)c1. The minimum Gasteiger partial charge on any atom is -0.497 e. The summed E-state index contributed by atoms with van der Waals surface area (Å²) < 4.78 is 41.6. The van der Waals surface area contributed by atoms with Crippen molar-refractivity contribution < 1.29 is 28.2 Å². The predicted octanol–water partition coefficient (Wildman–Crippen LogP) is 8.39. The lowest BCUT2D eigenvalue weighted by Crippen LogP contribution is -2.16. The number of methoxy groups -OCH3 is 1. The molecule has 4 nitrogen and oxygen atoms in total. The molecule has 1 aliphatic carbocycles. The van der Waals surface area contributed by atoms with E-state index in [1.807, 2.05) is 18.2 Å². The molecule has 0 aromatic heterocycles. The van der Waals surface area contributed by atoms with Crippen molar-refractivity contribution in [2.75, 3.05) is 7.11 Å². The van der Waals surface area contributed by atoms with Crippen LogP contribution in [0.2, 0.25) is 0 Å². The van der Waals surface area contributed by atoms with Gasteiger partial charge in [-0.05, 0) is 70.7 Å². The van der Waals surface area contributed by atoms with Crippen LogP contribution >= 0.6 is 0 Å². The summed E-state index contributed by atoms with van der Waals surface area (Å²) in [5.74, 6) is -1.16. The summed E-state index contributed by atoms with van der Waals surface area (Å²) in [7, 11) is 1.55. The lowest BCUT2D eigenvalue weighted by atomic mass is 9.75. The molecule has 0 saturated heterocycles. The molecule has 1 fully saturated rings. The number of carbonyl (C=O) groups is 1. The molecular weight excluding hydrogens is 486 g/mol. The third kappa shape index (κ3) is 6.07. The smallest absolute Gasteiger partial charge is 0.307 e. The van der Waals surface area contributed by atoms with Crippen molar-refractivity contribution in [2.24, 2.45) is 5.41 Å². The average molecular weight is 521 g/mol. The van der Waals surface area contributed by atoms with E-state index >= 15 is 4.39 Å². The summed E-state index contributed by atoms with van der Waals surface area (Å²) in [5, 5.41) is 9.29. The Morgan fingerprint density at radius 2 is 1.76 bits per heavy atom. The van der Waals surface area contributed by atoms with Crippen LogP contribution in [0.1, 0.15) is 69.6 Å². The number of ether oxygens (including phenoxy) is 2. The number of hydrogen-bond donors (Lipinski definition) is 1. The summed E-state index contributed by atoms with van der Waals surface area (Å²) in [4.78, 5) is 11.3. The number of allylic oxidation sites excluding steroid dienone is 1. The van der Waals surface area contributed by atoms with E-state index < -0.39 is 11.8 Å². The van der Waals surface area contributed by atoms with Crippen molar-refractivity contribution >= 4 is 11.5 Å². The summed E-state index contributed by atoms with van der Waals surface area (Å²) in [6, 6.07) is 15.3. The molecule has 1 atom stereocenters. The molecule has 4 rings (SSSR count). The topological polar surface area (TPSA) is 55.8 Å². The highest BCUT2D eigenvalue weighted by atomic mass is 19.1. The maximum Gasteiger partial charge on any atom is 0.307 e. The van der Waals surface area contributed by atoms with Gasteiger partial charge in [0.05, 0.1) is 13.5 Å². The first-order chi connectivity index (χ1) is 18.0. The van der Waals surface area contributed by atoms with Crippen LogP contribution in [0, 0.1) is 17.0 Å². The van der Waals surface area contributed by atoms with Crippen LogP contribution in [0.3, 0.4) is 0 Å². The lowest BCUT2D eigenvalue weighted by Gasteiger charge is -2.30. The molecule has 38 heavy (non-hydrogen) atoms. The molecule has 200 valence electrons. The molecule has 3 aromatic rings. The molecule has 0 radical (unpaired) electrons. The molecule has 0 amide bonds. The van der Waals surface area contributed by atoms with E-state index in [1.54, 1.807) is 37.4 Å². The molecule has 1 saturated carbocycles. The number of carboxylic acid groups (broad SMARTS) is 1. The fourth-order valence-electron chi connectivity index (χ4n) is 4.55. The summed E-state index contributed by atoms with van der Waals surface area (Å²) in [6.45, 7) is 8.62. The van der Waals surface area contributed by atoms with E-state index in [2.05, 4.69) is 27.7 Å². The van der Waals surface area contributed by atoms with Crippen molar-refractivity contribution in [1.82, 2.24) is 0 Å². The molecule has 1 N–H and O–H groups in total. The van der Waals surface area contributed by atoms with Gasteiger partial charge in [0.15, 0.2) is 11.6 Å². The summed E-state index contributed by atoms with van der Waals surface area (Å²) >= 11 is 0. The van der Waals surface area contributed by atoms with Crippen LogP contribution in [-0.4, -0.2) is 18.2 Å². The van der Waals surface area contributed by atoms with E-state index in [0.717, 1.165) is 35.1 Å². The molecule has 1 unspecified atom stereocenters. The second-order valence-corrected chi connectivity index (χ2v) is 10.9. The largest absolute Gasteiger partial charge is 0.497 e. The van der Waals surface area contributed by atoms with E-state index in [-0.39, 0.29) is 41.5 Å². The molecule has 0 bridgehead atoms. The van der Waals surface area contributed by atoms with Crippen LogP contribution in [0.15, 0.2) is 60.2 Å². The Hall–Kier alpha value is -3.67. The fraction of sp³-hybridized carbons (Fsp3) is 0.344. The van der Waals surface area contributed by atoms with Gasteiger partial charge < -0.3 is 14.6 Å². The van der Waals surface area contributed by atoms with Crippen molar-refractivity contribution in [2.45, 2.75) is 59.5 Å². The second-order valence-electron chi connectivity index (χ2n) is 10.9. The Kier molecular flexibility index (Phi) is 7.91. The molecule has 1 aliphatic rings. The van der Waals surface area contributed by atoms with Crippen molar-refractivity contribution in [3.63, 3.8) is 0 Å². The normalized spacial score (nSPS) is 13.7. The minimum absolute atomic E-state index is 0.0694. The van der Waals surface area contributed by atoms with E-state index in [9.17, 15) is 14.3 Å². The zero-order valence-electron chi connectivity index (χ0n) is 22.5. The van der Waals surface area contributed by atoms with Gasteiger partial charge in [-0.15, -0.1) is 0 Å². The number of aliphatic carboxylic acids is 1. The maximum atomic E-state index is 15.4. The molecule has 0 spiro atoms. The zero-order chi connectivity index (χ0) is 27.6. The Balaban J connectivity index is 1.67. The maximum absolute atomic E-state index is 15.4. The molecule has 3 aromatic carbocycles. The number of hydrogen-bond acceptors (Lipinski definition) is 3. The highest BCUT2D eigenvalue weighted by Crippen LogP contribution is 2.42. The van der Waals surface area contributed by atoms with Crippen LogP contribution < -0.4 is 9.47 Å². The van der Waals surface area contributed by atoms with Crippen LogP contribution in [0.5, 0.6) is 11.5 Å².